The summed E-state index contributed by atoms with van der Waals surface area (Å²) in [6, 6.07) is 0.0701. The number of alkyl halides is 1. The van der Waals surface area contributed by atoms with E-state index in [0.717, 1.165) is 0 Å². The summed E-state index contributed by atoms with van der Waals surface area (Å²) in [6.45, 7) is 0.970. The molecule has 1 heterocycles. The van der Waals surface area contributed by atoms with Crippen LogP contribution in [0.25, 0.3) is 0 Å². The minimum atomic E-state index is -0.276. The van der Waals surface area contributed by atoms with Crippen molar-refractivity contribution in [2.45, 2.75) is 12.5 Å². The summed E-state index contributed by atoms with van der Waals surface area (Å²) in [4.78, 5) is 0. The van der Waals surface area contributed by atoms with Crippen LogP contribution < -0.4 is 5.73 Å². The van der Waals surface area contributed by atoms with Crippen molar-refractivity contribution < 1.29 is 9.13 Å². The van der Waals surface area contributed by atoms with E-state index in [-0.39, 0.29) is 18.6 Å². The average Bonchev–Trinajstić information content (AvgIpc) is 2.18. The van der Waals surface area contributed by atoms with E-state index in [2.05, 4.69) is 0 Å². The van der Waals surface area contributed by atoms with Crippen molar-refractivity contribution in [3.63, 3.8) is 0 Å². The molecular formula is C6H12FNO. The molecule has 0 amide bonds. The second-order valence-corrected chi connectivity index (χ2v) is 2.44. The molecular weight excluding hydrogens is 121 g/mol. The lowest BCUT2D eigenvalue weighted by molar-refractivity contribution is 0.181. The van der Waals surface area contributed by atoms with Crippen molar-refractivity contribution >= 4 is 0 Å². The molecule has 0 aromatic heterocycles. The second kappa shape index (κ2) is 3.13. The van der Waals surface area contributed by atoms with Crippen molar-refractivity contribution in [1.82, 2.24) is 0 Å². The van der Waals surface area contributed by atoms with E-state index in [4.69, 9.17) is 10.5 Å². The van der Waals surface area contributed by atoms with Crippen LogP contribution >= 0.6 is 0 Å². The number of halogens is 1. The number of hydrogen-bond donors (Lipinski definition) is 1. The largest absolute Gasteiger partial charge is 0.379 e. The average molecular weight is 133 g/mol. The molecule has 0 saturated carbocycles. The number of hydrogen-bond acceptors (Lipinski definition) is 2. The van der Waals surface area contributed by atoms with Gasteiger partial charge in [0.2, 0.25) is 0 Å². The van der Waals surface area contributed by atoms with Crippen LogP contribution in [0.15, 0.2) is 0 Å². The first kappa shape index (κ1) is 6.96. The lowest BCUT2D eigenvalue weighted by Gasteiger charge is -2.08. The Hall–Kier alpha value is -0.150. The van der Waals surface area contributed by atoms with Crippen LogP contribution in [-0.4, -0.2) is 25.9 Å². The van der Waals surface area contributed by atoms with Gasteiger partial charge in [-0.05, 0) is 6.42 Å². The van der Waals surface area contributed by atoms with Gasteiger partial charge in [-0.15, -0.1) is 0 Å². The van der Waals surface area contributed by atoms with Crippen molar-refractivity contribution in [3.05, 3.63) is 0 Å². The first-order valence-electron chi connectivity index (χ1n) is 3.24. The summed E-state index contributed by atoms with van der Waals surface area (Å²) in [5, 5.41) is 0. The van der Waals surface area contributed by atoms with E-state index in [9.17, 15) is 4.39 Å². The van der Waals surface area contributed by atoms with Crippen LogP contribution in [0.3, 0.4) is 0 Å². The van der Waals surface area contributed by atoms with Crippen LogP contribution in [0, 0.1) is 5.92 Å². The molecule has 3 heteroatoms. The Morgan fingerprint density at radius 1 is 1.56 bits per heavy atom. The van der Waals surface area contributed by atoms with Crippen LogP contribution in [-0.2, 0) is 4.74 Å². The highest BCUT2D eigenvalue weighted by atomic mass is 19.1. The van der Waals surface area contributed by atoms with Gasteiger partial charge >= 0.3 is 0 Å². The molecule has 1 fully saturated rings. The molecule has 2 unspecified atom stereocenters. The molecule has 0 bridgehead atoms. The fraction of sp³-hybridized carbons (Fsp3) is 1.00. The van der Waals surface area contributed by atoms with Gasteiger partial charge in [0.25, 0.3) is 0 Å². The molecule has 2 N–H and O–H groups in total. The van der Waals surface area contributed by atoms with Crippen LogP contribution in [0.5, 0.6) is 0 Å². The second-order valence-electron chi connectivity index (χ2n) is 2.44. The molecule has 1 rings (SSSR count). The highest BCUT2D eigenvalue weighted by Crippen LogP contribution is 2.14. The topological polar surface area (TPSA) is 35.2 Å². The van der Waals surface area contributed by atoms with Gasteiger partial charge in [-0.2, -0.15) is 0 Å². The molecule has 2 atom stereocenters. The summed E-state index contributed by atoms with van der Waals surface area (Å²) in [7, 11) is 0. The van der Waals surface area contributed by atoms with Gasteiger partial charge in [0.05, 0.1) is 19.9 Å². The smallest absolute Gasteiger partial charge is 0.0898 e. The lowest BCUT2D eigenvalue weighted by Crippen LogP contribution is -2.28. The molecule has 9 heavy (non-hydrogen) atoms. The third-order valence-electron chi connectivity index (χ3n) is 1.73. The molecule has 1 saturated heterocycles. The summed E-state index contributed by atoms with van der Waals surface area (Å²) in [5.41, 5.74) is 5.57. The molecule has 0 radical (unpaired) electrons. The van der Waals surface area contributed by atoms with Gasteiger partial charge in [0.1, 0.15) is 0 Å². The van der Waals surface area contributed by atoms with E-state index in [1.807, 2.05) is 0 Å². The Labute approximate surface area is 54.2 Å². The molecule has 0 aliphatic carbocycles. The van der Waals surface area contributed by atoms with E-state index in [0.29, 0.717) is 19.6 Å². The highest BCUT2D eigenvalue weighted by molar-refractivity contribution is 4.77. The molecule has 0 spiro atoms. The van der Waals surface area contributed by atoms with Gasteiger partial charge in [0.15, 0.2) is 0 Å². The third-order valence-corrected chi connectivity index (χ3v) is 1.73. The summed E-state index contributed by atoms with van der Waals surface area (Å²) < 4.78 is 16.7. The fourth-order valence-corrected chi connectivity index (χ4v) is 1.05. The van der Waals surface area contributed by atoms with Crippen LogP contribution in [0.2, 0.25) is 0 Å². The fourth-order valence-electron chi connectivity index (χ4n) is 1.05. The van der Waals surface area contributed by atoms with Gasteiger partial charge in [-0.1, -0.05) is 0 Å². The van der Waals surface area contributed by atoms with Crippen LogP contribution in [0.1, 0.15) is 6.42 Å². The van der Waals surface area contributed by atoms with Crippen molar-refractivity contribution in [1.29, 1.82) is 0 Å². The molecule has 0 aromatic carbocycles. The van der Waals surface area contributed by atoms with E-state index < -0.39 is 0 Å². The summed E-state index contributed by atoms with van der Waals surface area (Å²) in [6.07, 6.45) is 0.557. The minimum Gasteiger partial charge on any atom is -0.379 e. The number of rotatable bonds is 2. The zero-order valence-electron chi connectivity index (χ0n) is 5.35. The van der Waals surface area contributed by atoms with Gasteiger partial charge < -0.3 is 10.5 Å². The highest BCUT2D eigenvalue weighted by Gasteiger charge is 2.23. The first-order chi connectivity index (χ1) is 4.34. The first-order valence-corrected chi connectivity index (χ1v) is 3.24. The molecule has 54 valence electrons. The molecule has 0 aromatic rings. The van der Waals surface area contributed by atoms with E-state index >= 15 is 0 Å². The standard InChI is InChI=1S/C6H12FNO/c7-2-1-5-3-9-4-6(5)8/h5-6H,1-4,8H2. The van der Waals surface area contributed by atoms with Crippen molar-refractivity contribution in [2.24, 2.45) is 11.7 Å². The summed E-state index contributed by atoms with van der Waals surface area (Å²) in [5.74, 6) is 0.259. The maximum absolute atomic E-state index is 11.7. The number of nitrogens with two attached hydrogens (primary N) is 1. The number of ether oxygens (including phenoxy) is 1. The summed E-state index contributed by atoms with van der Waals surface area (Å²) >= 11 is 0. The Balaban J connectivity index is 2.22. The predicted octanol–water partition coefficient (Wildman–Crippen LogP) is 0.320. The lowest BCUT2D eigenvalue weighted by atomic mass is 10.0. The third kappa shape index (κ3) is 1.63. The molecule has 1 aliphatic rings. The Morgan fingerprint density at radius 3 is 2.78 bits per heavy atom. The zero-order chi connectivity index (χ0) is 6.69. The quantitative estimate of drug-likeness (QED) is 0.588. The van der Waals surface area contributed by atoms with Crippen molar-refractivity contribution in [2.75, 3.05) is 19.9 Å². The SMILES string of the molecule is NC1COCC1CCF. The Morgan fingerprint density at radius 2 is 2.33 bits per heavy atom. The predicted molar refractivity (Wildman–Crippen MR) is 32.9 cm³/mol. The Kier molecular flexibility index (Phi) is 2.42. The van der Waals surface area contributed by atoms with Crippen LogP contribution in [0.4, 0.5) is 4.39 Å². The minimum absolute atomic E-state index is 0.0701. The molecule has 1 aliphatic heterocycles. The van der Waals surface area contributed by atoms with E-state index in [1.54, 1.807) is 0 Å². The maximum atomic E-state index is 11.7. The van der Waals surface area contributed by atoms with E-state index in [1.165, 1.54) is 0 Å². The zero-order valence-corrected chi connectivity index (χ0v) is 5.35. The van der Waals surface area contributed by atoms with Gasteiger partial charge in [-0.25, -0.2) is 0 Å². The monoisotopic (exact) mass is 133 g/mol. The maximum Gasteiger partial charge on any atom is 0.0898 e. The van der Waals surface area contributed by atoms with Gasteiger partial charge in [-0.3, -0.25) is 4.39 Å². The van der Waals surface area contributed by atoms with Crippen molar-refractivity contribution in [3.8, 4) is 0 Å². The van der Waals surface area contributed by atoms with Gasteiger partial charge in [0, 0.05) is 12.0 Å². The molecule has 2 nitrogen and oxygen atoms in total. The normalized spacial score (nSPS) is 35.3. The Bertz CT molecular complexity index is 89.1.